The zero-order valence-electron chi connectivity index (χ0n) is 17.1. The van der Waals surface area contributed by atoms with Crippen LogP contribution in [0.1, 0.15) is 32.8 Å². The molecule has 29 heavy (non-hydrogen) atoms. The van der Waals surface area contributed by atoms with Crippen molar-refractivity contribution in [2.45, 2.75) is 37.5 Å². The van der Waals surface area contributed by atoms with E-state index < -0.39 is 11.9 Å². The molecule has 2 aromatic carbocycles. The molecule has 0 saturated heterocycles. The number of anilines is 1. The second-order valence-corrected chi connectivity index (χ2v) is 8.59. The van der Waals surface area contributed by atoms with Gasteiger partial charge in [0.25, 0.3) is 5.91 Å². The molecule has 0 atom stereocenters. The number of carbonyl (C=O) groups excluding carboxylic acids is 2. The molecule has 2 aromatic rings. The monoisotopic (exact) mass is 419 g/mol. The lowest BCUT2D eigenvalue weighted by Crippen LogP contribution is -2.22. The number of thioether (sulfide) groups is 1. The fourth-order valence-electron chi connectivity index (χ4n) is 2.46. The van der Waals surface area contributed by atoms with E-state index in [1.54, 1.807) is 18.2 Å². The van der Waals surface area contributed by atoms with E-state index in [1.165, 1.54) is 31.0 Å². The van der Waals surface area contributed by atoms with Crippen molar-refractivity contribution in [3.63, 3.8) is 0 Å². The van der Waals surface area contributed by atoms with Crippen LogP contribution in [0.5, 0.6) is 5.75 Å². The van der Waals surface area contributed by atoms with Gasteiger partial charge in [0.2, 0.25) is 0 Å². The minimum atomic E-state index is -0.467. The zero-order chi connectivity index (χ0) is 21.4. The Labute approximate surface area is 175 Å². The fraction of sp³-hybridized carbons (Fsp3) is 0.364. The summed E-state index contributed by atoms with van der Waals surface area (Å²) >= 11 is 1.42. The third-order valence-corrected chi connectivity index (χ3v) is 5.11. The predicted molar refractivity (Wildman–Crippen MR) is 113 cm³/mol. The van der Waals surface area contributed by atoms with Gasteiger partial charge in [-0.1, -0.05) is 26.8 Å². The minimum Gasteiger partial charge on any atom is -0.495 e. The highest BCUT2D eigenvalue weighted by Gasteiger charge is 2.17. The second kappa shape index (κ2) is 10.3. The van der Waals surface area contributed by atoms with Crippen LogP contribution in [0.25, 0.3) is 0 Å². The molecule has 5 nitrogen and oxygen atoms in total. The maximum Gasteiger partial charge on any atom is 0.307 e. The molecule has 0 unspecified atom stereocenters. The number of benzene rings is 2. The standard InChI is InChI=1S/C22H26FNO4S/c1-22(2,3)15-5-10-19(27-4)18(13-15)24-20(25)14-28-21(26)11-12-29-17-8-6-16(23)7-9-17/h5-10,13H,11-12,14H2,1-4H3,(H,24,25). The lowest BCUT2D eigenvalue weighted by atomic mass is 9.87. The molecule has 7 heteroatoms. The summed E-state index contributed by atoms with van der Waals surface area (Å²) in [7, 11) is 1.53. The molecule has 0 saturated carbocycles. The van der Waals surface area contributed by atoms with Gasteiger partial charge in [0.05, 0.1) is 19.2 Å². The molecule has 0 aliphatic rings. The Morgan fingerprint density at radius 2 is 1.79 bits per heavy atom. The Bertz CT molecular complexity index is 847. The SMILES string of the molecule is COc1ccc(C(C)(C)C)cc1NC(=O)COC(=O)CCSc1ccc(F)cc1. The number of methoxy groups -OCH3 is 1. The minimum absolute atomic E-state index is 0.0829. The molecule has 0 aliphatic heterocycles. The van der Waals surface area contributed by atoms with Crippen LogP contribution in [0.3, 0.4) is 0 Å². The van der Waals surface area contributed by atoms with E-state index in [1.807, 2.05) is 12.1 Å². The normalized spacial score (nSPS) is 11.1. The van der Waals surface area contributed by atoms with E-state index in [0.717, 1.165) is 10.5 Å². The molecule has 1 amide bonds. The van der Waals surface area contributed by atoms with Gasteiger partial charge in [0.1, 0.15) is 11.6 Å². The summed E-state index contributed by atoms with van der Waals surface area (Å²) in [6, 6.07) is 11.7. The van der Waals surface area contributed by atoms with Crippen LogP contribution in [-0.4, -0.2) is 31.3 Å². The molecule has 0 heterocycles. The van der Waals surface area contributed by atoms with Gasteiger partial charge in [-0.3, -0.25) is 9.59 Å². The highest BCUT2D eigenvalue weighted by atomic mass is 32.2. The lowest BCUT2D eigenvalue weighted by Gasteiger charge is -2.21. The van der Waals surface area contributed by atoms with Gasteiger partial charge in [-0.15, -0.1) is 11.8 Å². The second-order valence-electron chi connectivity index (χ2n) is 7.43. The van der Waals surface area contributed by atoms with Gasteiger partial charge in [-0.25, -0.2) is 4.39 Å². The maximum atomic E-state index is 12.9. The number of amides is 1. The fourth-order valence-corrected chi connectivity index (χ4v) is 3.29. The lowest BCUT2D eigenvalue weighted by molar-refractivity contribution is -0.146. The van der Waals surface area contributed by atoms with Gasteiger partial charge in [0, 0.05) is 10.6 Å². The van der Waals surface area contributed by atoms with Crippen molar-refractivity contribution in [1.29, 1.82) is 0 Å². The Kier molecular flexibility index (Phi) is 8.08. The third-order valence-electron chi connectivity index (χ3n) is 4.09. The highest BCUT2D eigenvalue weighted by Crippen LogP contribution is 2.31. The van der Waals surface area contributed by atoms with Crippen LogP contribution < -0.4 is 10.1 Å². The Balaban J connectivity index is 1.81. The number of hydrogen-bond donors (Lipinski definition) is 1. The molecule has 0 spiro atoms. The summed E-state index contributed by atoms with van der Waals surface area (Å²) in [6.45, 7) is 5.85. The smallest absolute Gasteiger partial charge is 0.307 e. The topological polar surface area (TPSA) is 64.6 Å². The maximum absolute atomic E-state index is 12.9. The number of carbonyl (C=O) groups is 2. The van der Waals surface area contributed by atoms with Gasteiger partial charge in [-0.05, 0) is 47.4 Å². The zero-order valence-corrected chi connectivity index (χ0v) is 17.9. The summed E-state index contributed by atoms with van der Waals surface area (Å²) in [6.07, 6.45) is 0.151. The van der Waals surface area contributed by atoms with Crippen LogP contribution in [-0.2, 0) is 19.7 Å². The third kappa shape index (κ3) is 7.42. The number of rotatable bonds is 8. The predicted octanol–water partition coefficient (Wildman–Crippen LogP) is 4.80. The molecule has 0 aromatic heterocycles. The number of nitrogens with one attached hydrogen (secondary N) is 1. The van der Waals surface area contributed by atoms with E-state index in [0.29, 0.717) is 17.2 Å². The van der Waals surface area contributed by atoms with E-state index in [2.05, 4.69) is 26.1 Å². The quantitative estimate of drug-likeness (QED) is 0.492. The average Bonchev–Trinajstić information content (AvgIpc) is 2.67. The first kappa shape index (κ1) is 22.7. The number of halogens is 1. The largest absolute Gasteiger partial charge is 0.495 e. The summed E-state index contributed by atoms with van der Waals surface area (Å²) in [5.41, 5.74) is 1.50. The molecular formula is C22H26FNO4S. The molecular weight excluding hydrogens is 393 g/mol. The van der Waals surface area contributed by atoms with Gasteiger partial charge in [0.15, 0.2) is 6.61 Å². The van der Waals surface area contributed by atoms with Gasteiger partial charge >= 0.3 is 5.97 Å². The molecule has 0 aliphatic carbocycles. The van der Waals surface area contributed by atoms with Crippen molar-refractivity contribution in [3.8, 4) is 5.75 Å². The Morgan fingerprint density at radius 3 is 2.41 bits per heavy atom. The number of ether oxygens (including phenoxy) is 2. The van der Waals surface area contributed by atoms with Crippen molar-refractivity contribution in [2.75, 3.05) is 24.8 Å². The van der Waals surface area contributed by atoms with E-state index >= 15 is 0 Å². The van der Waals surface area contributed by atoms with Crippen LogP contribution in [0.15, 0.2) is 47.4 Å². The van der Waals surface area contributed by atoms with Crippen LogP contribution >= 0.6 is 11.8 Å². The van der Waals surface area contributed by atoms with Gasteiger partial charge < -0.3 is 14.8 Å². The van der Waals surface area contributed by atoms with Gasteiger partial charge in [-0.2, -0.15) is 0 Å². The van der Waals surface area contributed by atoms with Crippen molar-refractivity contribution in [3.05, 3.63) is 53.8 Å². The Hall–Kier alpha value is -2.54. The van der Waals surface area contributed by atoms with E-state index in [9.17, 15) is 14.0 Å². The van der Waals surface area contributed by atoms with E-state index in [4.69, 9.17) is 9.47 Å². The molecule has 156 valence electrons. The van der Waals surface area contributed by atoms with Crippen molar-refractivity contribution in [2.24, 2.45) is 0 Å². The van der Waals surface area contributed by atoms with Crippen molar-refractivity contribution < 1.29 is 23.5 Å². The first-order valence-electron chi connectivity index (χ1n) is 9.21. The van der Waals surface area contributed by atoms with Crippen molar-refractivity contribution in [1.82, 2.24) is 0 Å². The first-order valence-corrected chi connectivity index (χ1v) is 10.2. The summed E-state index contributed by atoms with van der Waals surface area (Å²) in [4.78, 5) is 24.9. The summed E-state index contributed by atoms with van der Waals surface area (Å²) < 4.78 is 23.2. The average molecular weight is 420 g/mol. The molecule has 2 rings (SSSR count). The number of hydrogen-bond acceptors (Lipinski definition) is 5. The first-order chi connectivity index (χ1) is 13.7. The van der Waals surface area contributed by atoms with Crippen LogP contribution in [0.2, 0.25) is 0 Å². The molecule has 0 fully saturated rings. The summed E-state index contributed by atoms with van der Waals surface area (Å²) in [5, 5.41) is 2.73. The van der Waals surface area contributed by atoms with Crippen molar-refractivity contribution >= 4 is 29.3 Å². The highest BCUT2D eigenvalue weighted by molar-refractivity contribution is 7.99. The summed E-state index contributed by atoms with van der Waals surface area (Å²) in [5.74, 6) is -0.190. The Morgan fingerprint density at radius 1 is 1.10 bits per heavy atom. The van der Waals surface area contributed by atoms with Crippen LogP contribution in [0, 0.1) is 5.82 Å². The van der Waals surface area contributed by atoms with E-state index in [-0.39, 0.29) is 24.3 Å². The number of esters is 1. The molecule has 0 radical (unpaired) electrons. The molecule has 1 N–H and O–H groups in total. The van der Waals surface area contributed by atoms with Crippen LogP contribution in [0.4, 0.5) is 10.1 Å². The molecule has 0 bridgehead atoms.